The van der Waals surface area contributed by atoms with Gasteiger partial charge in [0.05, 0.1) is 11.6 Å². The van der Waals surface area contributed by atoms with E-state index in [0.29, 0.717) is 48.8 Å². The van der Waals surface area contributed by atoms with Crippen LogP contribution in [0.3, 0.4) is 0 Å². The zero-order chi connectivity index (χ0) is 16.9. The number of hydrogen-bond acceptors (Lipinski definition) is 5. The second-order valence-electron chi connectivity index (χ2n) is 5.18. The maximum absolute atomic E-state index is 6.25. The Morgan fingerprint density at radius 2 is 2.08 bits per heavy atom. The summed E-state index contributed by atoms with van der Waals surface area (Å²) in [6, 6.07) is 3.78. The van der Waals surface area contributed by atoms with E-state index in [9.17, 15) is 0 Å². The van der Waals surface area contributed by atoms with Crippen LogP contribution < -0.4 is 20.1 Å². The first-order valence-electron chi connectivity index (χ1n) is 7.53. The maximum atomic E-state index is 6.25. The van der Waals surface area contributed by atoms with Crippen LogP contribution in [-0.2, 0) is 20.1 Å². The highest BCUT2D eigenvalue weighted by Crippen LogP contribution is 2.38. The van der Waals surface area contributed by atoms with Crippen LogP contribution in [0.5, 0.6) is 11.5 Å². The number of aryl methyl sites for hydroxylation is 1. The number of benzene rings is 1. The monoisotopic (exact) mass is 350 g/mol. The van der Waals surface area contributed by atoms with Gasteiger partial charge in [0.2, 0.25) is 0 Å². The van der Waals surface area contributed by atoms with E-state index in [-0.39, 0.29) is 0 Å². The minimum absolute atomic E-state index is 0.517. The quantitative estimate of drug-likeness (QED) is 0.634. The molecule has 1 aliphatic heterocycles. The van der Waals surface area contributed by atoms with Gasteiger partial charge >= 0.3 is 0 Å². The summed E-state index contributed by atoms with van der Waals surface area (Å²) < 4.78 is 12.8. The summed E-state index contributed by atoms with van der Waals surface area (Å²) in [5, 5.41) is 11.0. The van der Waals surface area contributed by atoms with Gasteiger partial charge in [-0.15, -0.1) is 0 Å². The fraction of sp³-hybridized carbons (Fsp3) is 0.400. The number of aromatic nitrogens is 3. The van der Waals surface area contributed by atoms with Crippen molar-refractivity contribution in [2.75, 3.05) is 20.3 Å². The van der Waals surface area contributed by atoms with E-state index in [1.165, 1.54) is 6.33 Å². The third-order valence-electron chi connectivity index (χ3n) is 3.56. The molecule has 0 aliphatic carbocycles. The first-order chi connectivity index (χ1) is 11.7. The topological polar surface area (TPSA) is 85.6 Å². The zero-order valence-electron chi connectivity index (χ0n) is 13.5. The van der Waals surface area contributed by atoms with E-state index in [0.717, 1.165) is 11.4 Å². The van der Waals surface area contributed by atoms with E-state index in [1.54, 1.807) is 11.7 Å². The Morgan fingerprint density at radius 3 is 2.83 bits per heavy atom. The number of rotatable bonds is 4. The molecule has 0 amide bonds. The van der Waals surface area contributed by atoms with Crippen molar-refractivity contribution in [2.24, 2.45) is 12.0 Å². The molecule has 3 rings (SSSR count). The van der Waals surface area contributed by atoms with E-state index in [2.05, 4.69) is 25.7 Å². The highest BCUT2D eigenvalue weighted by molar-refractivity contribution is 6.32. The molecular weight excluding hydrogens is 332 g/mol. The molecule has 8 nitrogen and oxygen atoms in total. The lowest BCUT2D eigenvalue weighted by Gasteiger charge is -2.20. The van der Waals surface area contributed by atoms with E-state index in [1.807, 2.05) is 19.2 Å². The number of fused-ring (bicyclic) bond motifs is 1. The van der Waals surface area contributed by atoms with Gasteiger partial charge in [-0.25, -0.2) is 4.98 Å². The Kier molecular flexibility index (Phi) is 5.05. The van der Waals surface area contributed by atoms with Crippen LogP contribution in [0.1, 0.15) is 11.4 Å². The molecule has 0 saturated carbocycles. The molecule has 9 heteroatoms. The van der Waals surface area contributed by atoms with Gasteiger partial charge in [0.1, 0.15) is 25.4 Å². The van der Waals surface area contributed by atoms with Crippen molar-refractivity contribution in [3.63, 3.8) is 0 Å². The van der Waals surface area contributed by atoms with Crippen LogP contribution >= 0.6 is 11.6 Å². The van der Waals surface area contributed by atoms with Gasteiger partial charge in [-0.2, -0.15) is 5.10 Å². The lowest BCUT2D eigenvalue weighted by atomic mass is 10.2. The second kappa shape index (κ2) is 7.39. The Labute approximate surface area is 144 Å². The van der Waals surface area contributed by atoms with Crippen molar-refractivity contribution in [3.8, 4) is 11.5 Å². The SMILES string of the molecule is CN=C(NCc1cc(Cl)c2c(c1)OCCO2)NCc1ncnn1C. The Morgan fingerprint density at radius 1 is 1.29 bits per heavy atom. The molecule has 1 aromatic heterocycles. The molecule has 0 saturated heterocycles. The van der Waals surface area contributed by atoms with Gasteiger partial charge in [-0.3, -0.25) is 9.67 Å². The highest BCUT2D eigenvalue weighted by Gasteiger charge is 2.16. The van der Waals surface area contributed by atoms with Crippen molar-refractivity contribution in [1.82, 2.24) is 25.4 Å². The number of hydrogen-bond donors (Lipinski definition) is 2. The fourth-order valence-corrected chi connectivity index (χ4v) is 2.60. The normalized spacial score (nSPS) is 13.7. The average molecular weight is 351 g/mol. The van der Waals surface area contributed by atoms with Gasteiger partial charge in [-0.05, 0) is 17.7 Å². The van der Waals surface area contributed by atoms with Crippen molar-refractivity contribution >= 4 is 17.6 Å². The van der Waals surface area contributed by atoms with Crippen LogP contribution in [0.4, 0.5) is 0 Å². The highest BCUT2D eigenvalue weighted by atomic mass is 35.5. The van der Waals surface area contributed by atoms with Crippen LogP contribution in [0, 0.1) is 0 Å². The predicted molar refractivity (Wildman–Crippen MR) is 90.5 cm³/mol. The number of guanidine groups is 1. The van der Waals surface area contributed by atoms with Crippen molar-refractivity contribution in [2.45, 2.75) is 13.1 Å². The molecule has 0 radical (unpaired) electrons. The van der Waals surface area contributed by atoms with Crippen LogP contribution in [0.25, 0.3) is 0 Å². The van der Waals surface area contributed by atoms with Gasteiger partial charge < -0.3 is 20.1 Å². The maximum Gasteiger partial charge on any atom is 0.191 e. The molecular formula is C15H19ClN6O2. The molecule has 0 atom stereocenters. The van der Waals surface area contributed by atoms with Gasteiger partial charge in [0.25, 0.3) is 0 Å². The number of ether oxygens (including phenoxy) is 2. The fourth-order valence-electron chi connectivity index (χ4n) is 2.32. The molecule has 0 bridgehead atoms. The number of aliphatic imine (C=N–C) groups is 1. The third kappa shape index (κ3) is 3.70. The lowest BCUT2D eigenvalue weighted by molar-refractivity contribution is 0.171. The summed E-state index contributed by atoms with van der Waals surface area (Å²) in [4.78, 5) is 8.35. The van der Waals surface area contributed by atoms with Gasteiger partial charge in [0.15, 0.2) is 17.5 Å². The average Bonchev–Trinajstić information content (AvgIpc) is 3.00. The molecule has 1 aliphatic rings. The van der Waals surface area contributed by atoms with Crippen molar-refractivity contribution in [3.05, 3.63) is 34.9 Å². The number of nitrogens with zero attached hydrogens (tertiary/aromatic N) is 4. The summed E-state index contributed by atoms with van der Waals surface area (Å²) >= 11 is 6.25. The molecule has 0 unspecified atom stereocenters. The smallest absolute Gasteiger partial charge is 0.191 e. The standard InChI is InChI=1S/C15H19ClN6O2/c1-17-15(19-8-13-20-9-21-22(13)2)18-7-10-5-11(16)14-12(6-10)23-3-4-24-14/h5-6,9H,3-4,7-8H2,1-2H3,(H2,17,18,19). The van der Waals surface area contributed by atoms with Crippen LogP contribution in [0.2, 0.25) is 5.02 Å². The van der Waals surface area contributed by atoms with Gasteiger partial charge in [0, 0.05) is 20.6 Å². The van der Waals surface area contributed by atoms with Crippen LogP contribution in [0.15, 0.2) is 23.5 Å². The summed E-state index contributed by atoms with van der Waals surface area (Å²) in [6.07, 6.45) is 1.52. The predicted octanol–water partition coefficient (Wildman–Crippen LogP) is 1.10. The minimum Gasteiger partial charge on any atom is -0.486 e. The lowest BCUT2D eigenvalue weighted by Crippen LogP contribution is -2.37. The molecule has 24 heavy (non-hydrogen) atoms. The molecule has 1 aromatic carbocycles. The first-order valence-corrected chi connectivity index (χ1v) is 7.90. The molecule has 128 valence electrons. The largest absolute Gasteiger partial charge is 0.486 e. The second-order valence-corrected chi connectivity index (χ2v) is 5.59. The molecule has 2 N–H and O–H groups in total. The molecule has 2 heterocycles. The summed E-state index contributed by atoms with van der Waals surface area (Å²) in [5.74, 6) is 2.76. The van der Waals surface area contributed by atoms with Crippen molar-refractivity contribution in [1.29, 1.82) is 0 Å². The van der Waals surface area contributed by atoms with E-state index in [4.69, 9.17) is 21.1 Å². The first kappa shape index (κ1) is 16.4. The Balaban J connectivity index is 1.59. The molecule has 0 spiro atoms. The Hall–Kier alpha value is -2.48. The number of nitrogens with one attached hydrogen (secondary N) is 2. The van der Waals surface area contributed by atoms with Crippen LogP contribution in [-0.4, -0.2) is 41.0 Å². The van der Waals surface area contributed by atoms with E-state index < -0.39 is 0 Å². The minimum atomic E-state index is 0.517. The van der Waals surface area contributed by atoms with Crippen molar-refractivity contribution < 1.29 is 9.47 Å². The molecule has 2 aromatic rings. The molecule has 0 fully saturated rings. The third-order valence-corrected chi connectivity index (χ3v) is 3.84. The summed E-state index contributed by atoms with van der Waals surface area (Å²) in [5.41, 5.74) is 0.978. The van der Waals surface area contributed by atoms with Gasteiger partial charge in [-0.1, -0.05) is 11.6 Å². The van der Waals surface area contributed by atoms with E-state index >= 15 is 0 Å². The summed E-state index contributed by atoms with van der Waals surface area (Å²) in [6.45, 7) is 2.12. The number of halogens is 1. The summed E-state index contributed by atoms with van der Waals surface area (Å²) in [7, 11) is 3.56. The zero-order valence-corrected chi connectivity index (χ0v) is 14.3. The Bertz CT molecular complexity index is 746.